The summed E-state index contributed by atoms with van der Waals surface area (Å²) in [6.07, 6.45) is 1.45. The second kappa shape index (κ2) is 7.72. The van der Waals surface area contributed by atoms with Gasteiger partial charge in [-0.05, 0) is 35.7 Å². The first-order valence-electron chi connectivity index (χ1n) is 8.81. The van der Waals surface area contributed by atoms with Gasteiger partial charge < -0.3 is 14.6 Å². The van der Waals surface area contributed by atoms with Crippen LogP contribution in [0.5, 0.6) is 0 Å². The van der Waals surface area contributed by atoms with Gasteiger partial charge in [0.25, 0.3) is 5.91 Å². The standard InChI is InChI=1S/C20H23FN2O3/c1-13(2)10-22-19(24)17-12-23(20(25)18-4-3-9-26-18)11-16(17)14-5-7-15(21)8-6-14/h3-9,13,16-17H,10-12H2,1-2H3,(H,22,24). The molecular weight excluding hydrogens is 335 g/mol. The van der Waals surface area contributed by atoms with E-state index < -0.39 is 0 Å². The molecule has 1 aliphatic rings. The summed E-state index contributed by atoms with van der Waals surface area (Å²) in [6, 6.07) is 9.41. The summed E-state index contributed by atoms with van der Waals surface area (Å²) in [6.45, 7) is 5.34. The van der Waals surface area contributed by atoms with Gasteiger partial charge in [0, 0.05) is 25.6 Å². The molecule has 3 rings (SSSR count). The second-order valence-electron chi connectivity index (χ2n) is 7.09. The first kappa shape index (κ1) is 18.2. The highest BCUT2D eigenvalue weighted by Gasteiger charge is 2.41. The number of hydrogen-bond acceptors (Lipinski definition) is 3. The molecule has 1 aliphatic heterocycles. The number of nitrogens with one attached hydrogen (secondary N) is 1. The Morgan fingerprint density at radius 3 is 2.58 bits per heavy atom. The molecule has 2 unspecified atom stereocenters. The van der Waals surface area contributed by atoms with E-state index in [0.717, 1.165) is 5.56 Å². The molecule has 1 aromatic heterocycles. The summed E-state index contributed by atoms with van der Waals surface area (Å²) in [7, 11) is 0. The van der Waals surface area contributed by atoms with Gasteiger partial charge in [-0.15, -0.1) is 0 Å². The van der Waals surface area contributed by atoms with Crippen LogP contribution in [-0.2, 0) is 4.79 Å². The van der Waals surface area contributed by atoms with Gasteiger partial charge in [-0.1, -0.05) is 26.0 Å². The molecule has 26 heavy (non-hydrogen) atoms. The van der Waals surface area contributed by atoms with Crippen LogP contribution in [-0.4, -0.2) is 36.3 Å². The molecular formula is C20H23FN2O3. The normalized spacial score (nSPS) is 19.8. The molecule has 2 aromatic rings. The van der Waals surface area contributed by atoms with Gasteiger partial charge in [-0.3, -0.25) is 9.59 Å². The Bertz CT molecular complexity index is 756. The van der Waals surface area contributed by atoms with Crippen molar-refractivity contribution in [2.24, 2.45) is 11.8 Å². The van der Waals surface area contributed by atoms with Gasteiger partial charge >= 0.3 is 0 Å². The summed E-state index contributed by atoms with van der Waals surface area (Å²) in [5.41, 5.74) is 0.853. The van der Waals surface area contributed by atoms with Gasteiger partial charge in [-0.2, -0.15) is 0 Å². The zero-order chi connectivity index (χ0) is 18.7. The van der Waals surface area contributed by atoms with Crippen LogP contribution in [0.2, 0.25) is 0 Å². The number of rotatable bonds is 5. The van der Waals surface area contributed by atoms with E-state index in [9.17, 15) is 14.0 Å². The molecule has 138 valence electrons. The number of carbonyl (C=O) groups is 2. The van der Waals surface area contributed by atoms with Crippen LogP contribution in [0.4, 0.5) is 4.39 Å². The van der Waals surface area contributed by atoms with Crippen molar-refractivity contribution >= 4 is 11.8 Å². The Morgan fingerprint density at radius 2 is 1.96 bits per heavy atom. The van der Waals surface area contributed by atoms with Crippen molar-refractivity contribution in [3.8, 4) is 0 Å². The lowest BCUT2D eigenvalue weighted by molar-refractivity contribution is -0.125. The average molecular weight is 358 g/mol. The van der Waals surface area contributed by atoms with Gasteiger partial charge in [-0.25, -0.2) is 4.39 Å². The fourth-order valence-corrected chi connectivity index (χ4v) is 3.27. The van der Waals surface area contributed by atoms with Crippen LogP contribution in [0.15, 0.2) is 47.1 Å². The number of furan rings is 1. The van der Waals surface area contributed by atoms with E-state index in [1.165, 1.54) is 18.4 Å². The largest absolute Gasteiger partial charge is 0.459 e. The van der Waals surface area contributed by atoms with Crippen LogP contribution in [0.1, 0.15) is 35.9 Å². The van der Waals surface area contributed by atoms with Crippen molar-refractivity contribution in [1.29, 1.82) is 0 Å². The highest BCUT2D eigenvalue weighted by Crippen LogP contribution is 2.34. The summed E-state index contributed by atoms with van der Waals surface area (Å²) in [5, 5.41) is 2.95. The lowest BCUT2D eigenvalue weighted by Gasteiger charge is -2.18. The summed E-state index contributed by atoms with van der Waals surface area (Å²) >= 11 is 0. The maximum atomic E-state index is 13.3. The predicted molar refractivity (Wildman–Crippen MR) is 95.1 cm³/mol. The molecule has 0 spiro atoms. The van der Waals surface area contributed by atoms with Crippen LogP contribution in [0.25, 0.3) is 0 Å². The highest BCUT2D eigenvalue weighted by molar-refractivity contribution is 5.92. The minimum Gasteiger partial charge on any atom is -0.459 e. The smallest absolute Gasteiger partial charge is 0.289 e. The third-order valence-corrected chi connectivity index (χ3v) is 4.66. The number of hydrogen-bond donors (Lipinski definition) is 1. The number of halogens is 1. The molecule has 6 heteroatoms. The van der Waals surface area contributed by atoms with E-state index in [0.29, 0.717) is 25.6 Å². The molecule has 0 saturated carbocycles. The van der Waals surface area contributed by atoms with Crippen LogP contribution in [0, 0.1) is 17.7 Å². The first-order valence-corrected chi connectivity index (χ1v) is 8.81. The molecule has 1 aromatic carbocycles. The number of benzene rings is 1. The van der Waals surface area contributed by atoms with Gasteiger partial charge in [0.1, 0.15) is 5.82 Å². The Balaban J connectivity index is 1.81. The Kier molecular flexibility index (Phi) is 5.40. The molecule has 1 N–H and O–H groups in total. The minimum absolute atomic E-state index is 0.0808. The Morgan fingerprint density at radius 1 is 1.23 bits per heavy atom. The van der Waals surface area contributed by atoms with E-state index in [1.807, 2.05) is 13.8 Å². The summed E-state index contributed by atoms with van der Waals surface area (Å²) in [5.74, 6) is -0.600. The van der Waals surface area contributed by atoms with Crippen molar-refractivity contribution in [1.82, 2.24) is 10.2 Å². The molecule has 1 saturated heterocycles. The van der Waals surface area contributed by atoms with Gasteiger partial charge in [0.2, 0.25) is 5.91 Å². The average Bonchev–Trinajstić information content (AvgIpc) is 3.29. The van der Waals surface area contributed by atoms with E-state index in [2.05, 4.69) is 5.32 Å². The number of nitrogens with zero attached hydrogens (tertiary/aromatic N) is 1. The lowest BCUT2D eigenvalue weighted by atomic mass is 9.88. The van der Waals surface area contributed by atoms with Crippen LogP contribution in [0.3, 0.4) is 0 Å². The number of amides is 2. The molecule has 0 radical (unpaired) electrons. The van der Waals surface area contributed by atoms with Crippen molar-refractivity contribution in [2.75, 3.05) is 19.6 Å². The van der Waals surface area contributed by atoms with Crippen LogP contribution < -0.4 is 5.32 Å². The molecule has 0 aliphatic carbocycles. The lowest BCUT2D eigenvalue weighted by Crippen LogP contribution is -2.37. The van der Waals surface area contributed by atoms with Crippen LogP contribution >= 0.6 is 0 Å². The maximum absolute atomic E-state index is 13.3. The second-order valence-corrected chi connectivity index (χ2v) is 7.09. The molecule has 5 nitrogen and oxygen atoms in total. The third kappa shape index (κ3) is 3.95. The van der Waals surface area contributed by atoms with Gasteiger partial charge in [0.05, 0.1) is 12.2 Å². The van der Waals surface area contributed by atoms with Crippen molar-refractivity contribution in [3.63, 3.8) is 0 Å². The molecule has 2 heterocycles. The third-order valence-electron chi connectivity index (χ3n) is 4.66. The summed E-state index contributed by atoms with van der Waals surface area (Å²) < 4.78 is 18.5. The Hall–Kier alpha value is -2.63. The van der Waals surface area contributed by atoms with Gasteiger partial charge in [0.15, 0.2) is 5.76 Å². The predicted octanol–water partition coefficient (Wildman–Crippen LogP) is 3.05. The Labute approximate surface area is 152 Å². The first-order chi connectivity index (χ1) is 12.5. The quantitative estimate of drug-likeness (QED) is 0.894. The van der Waals surface area contributed by atoms with E-state index in [-0.39, 0.29) is 35.2 Å². The molecule has 2 amide bonds. The zero-order valence-corrected chi connectivity index (χ0v) is 14.9. The fraction of sp³-hybridized carbons (Fsp3) is 0.400. The molecule has 0 bridgehead atoms. The maximum Gasteiger partial charge on any atom is 0.289 e. The zero-order valence-electron chi connectivity index (χ0n) is 14.9. The van der Waals surface area contributed by atoms with Crippen molar-refractivity contribution in [3.05, 3.63) is 59.8 Å². The topological polar surface area (TPSA) is 62.6 Å². The van der Waals surface area contributed by atoms with Crippen molar-refractivity contribution in [2.45, 2.75) is 19.8 Å². The highest BCUT2D eigenvalue weighted by atomic mass is 19.1. The minimum atomic E-state index is -0.377. The molecule has 2 atom stereocenters. The van der Waals surface area contributed by atoms with E-state index in [4.69, 9.17) is 4.42 Å². The van der Waals surface area contributed by atoms with Crippen molar-refractivity contribution < 1.29 is 18.4 Å². The summed E-state index contributed by atoms with van der Waals surface area (Å²) in [4.78, 5) is 27.0. The SMILES string of the molecule is CC(C)CNC(=O)C1CN(C(=O)c2ccco2)CC1c1ccc(F)cc1. The fourth-order valence-electron chi connectivity index (χ4n) is 3.27. The number of likely N-dealkylation sites (tertiary alicyclic amines) is 1. The molecule has 1 fully saturated rings. The van der Waals surface area contributed by atoms with E-state index >= 15 is 0 Å². The number of carbonyl (C=O) groups excluding carboxylic acids is 2. The van der Waals surface area contributed by atoms with E-state index in [1.54, 1.807) is 29.2 Å². The monoisotopic (exact) mass is 358 g/mol.